The van der Waals surface area contributed by atoms with Gasteiger partial charge >= 0.3 is 0 Å². The zero-order valence-electron chi connectivity index (χ0n) is 9.44. The first-order chi connectivity index (χ1) is 7.51. The quantitative estimate of drug-likeness (QED) is 0.351. The van der Waals surface area contributed by atoms with E-state index >= 15 is 0 Å². The molecule has 1 aromatic rings. The topological polar surface area (TPSA) is 122 Å². The van der Waals surface area contributed by atoms with E-state index in [-0.39, 0.29) is 18.1 Å². The largest absolute Gasteiger partial charge is 0.393 e. The highest BCUT2D eigenvalue weighted by atomic mass is 16.3. The number of aliphatic hydroxyl groups is 1. The minimum atomic E-state index is -0.367. The number of aliphatic hydroxyl groups excluding tert-OH is 1. The van der Waals surface area contributed by atoms with Crippen LogP contribution in [0.25, 0.3) is 0 Å². The van der Waals surface area contributed by atoms with Crippen LogP contribution < -0.4 is 22.3 Å². The number of nitrogens with one attached hydrogen (secondary N) is 2. The molecule has 7 nitrogen and oxygen atoms in total. The van der Waals surface area contributed by atoms with Crippen molar-refractivity contribution in [2.24, 2.45) is 5.84 Å². The van der Waals surface area contributed by atoms with Gasteiger partial charge in [0, 0.05) is 12.1 Å². The molecule has 16 heavy (non-hydrogen) atoms. The average molecular weight is 226 g/mol. The second-order valence-corrected chi connectivity index (χ2v) is 3.77. The monoisotopic (exact) mass is 226 g/mol. The van der Waals surface area contributed by atoms with Gasteiger partial charge in [0.2, 0.25) is 5.95 Å². The van der Waals surface area contributed by atoms with E-state index in [1.54, 1.807) is 13.0 Å². The predicted molar refractivity (Wildman–Crippen MR) is 63.6 cm³/mol. The Morgan fingerprint density at radius 3 is 2.56 bits per heavy atom. The Morgan fingerprint density at radius 2 is 2.00 bits per heavy atom. The minimum Gasteiger partial charge on any atom is -0.393 e. The van der Waals surface area contributed by atoms with E-state index in [4.69, 9.17) is 11.6 Å². The van der Waals surface area contributed by atoms with E-state index in [0.717, 1.165) is 0 Å². The molecule has 2 unspecified atom stereocenters. The minimum absolute atomic E-state index is 0.0833. The summed E-state index contributed by atoms with van der Waals surface area (Å²) in [6.45, 7) is 3.68. The SMILES string of the molecule is CC(O)CC(C)Nc1cc(NN)nc(N)n1. The summed E-state index contributed by atoms with van der Waals surface area (Å²) < 4.78 is 0. The summed E-state index contributed by atoms with van der Waals surface area (Å²) in [7, 11) is 0. The average Bonchev–Trinajstić information content (AvgIpc) is 2.14. The first-order valence-corrected chi connectivity index (χ1v) is 5.07. The number of nitrogens with two attached hydrogens (primary N) is 2. The molecule has 0 aliphatic heterocycles. The van der Waals surface area contributed by atoms with Crippen LogP contribution in [-0.4, -0.2) is 27.2 Å². The van der Waals surface area contributed by atoms with Crippen molar-refractivity contribution in [3.8, 4) is 0 Å². The van der Waals surface area contributed by atoms with Gasteiger partial charge in [-0.15, -0.1) is 0 Å². The van der Waals surface area contributed by atoms with Crippen LogP contribution in [-0.2, 0) is 0 Å². The molecule has 0 saturated carbocycles. The highest BCUT2D eigenvalue weighted by Gasteiger charge is 2.08. The maximum absolute atomic E-state index is 9.23. The van der Waals surface area contributed by atoms with E-state index < -0.39 is 0 Å². The van der Waals surface area contributed by atoms with E-state index in [1.165, 1.54) is 0 Å². The summed E-state index contributed by atoms with van der Waals surface area (Å²) in [5, 5.41) is 12.3. The van der Waals surface area contributed by atoms with Crippen LogP contribution in [0.3, 0.4) is 0 Å². The lowest BCUT2D eigenvalue weighted by molar-refractivity contribution is 0.179. The van der Waals surface area contributed by atoms with Crippen molar-refractivity contribution >= 4 is 17.6 Å². The highest BCUT2D eigenvalue weighted by molar-refractivity contribution is 5.50. The first kappa shape index (κ1) is 12.5. The Balaban J connectivity index is 2.69. The van der Waals surface area contributed by atoms with E-state index in [2.05, 4.69) is 20.7 Å². The molecule has 2 atom stereocenters. The van der Waals surface area contributed by atoms with Gasteiger partial charge in [-0.05, 0) is 20.3 Å². The number of anilines is 3. The maximum Gasteiger partial charge on any atom is 0.223 e. The molecule has 7 N–H and O–H groups in total. The van der Waals surface area contributed by atoms with Gasteiger partial charge in [-0.25, -0.2) is 5.84 Å². The fourth-order valence-electron chi connectivity index (χ4n) is 1.44. The number of rotatable bonds is 5. The standard InChI is InChI=1S/C9H18N6O/c1-5(3-6(2)16)12-7-4-8(15-11)14-9(10)13-7/h4-6,16H,3,11H2,1-2H3,(H4,10,12,13,14,15). The number of hydrogen-bond donors (Lipinski definition) is 5. The molecule has 90 valence electrons. The van der Waals surface area contributed by atoms with Crippen LogP contribution in [0.5, 0.6) is 0 Å². The summed E-state index contributed by atoms with van der Waals surface area (Å²) in [6.07, 6.45) is 0.253. The number of aromatic nitrogens is 2. The van der Waals surface area contributed by atoms with Gasteiger partial charge in [0.25, 0.3) is 0 Å². The Morgan fingerprint density at radius 1 is 1.38 bits per heavy atom. The Kier molecular flexibility index (Phi) is 4.27. The smallest absolute Gasteiger partial charge is 0.223 e. The molecule has 0 saturated heterocycles. The van der Waals surface area contributed by atoms with Crippen molar-refractivity contribution in [1.29, 1.82) is 0 Å². The lowest BCUT2D eigenvalue weighted by atomic mass is 10.1. The second kappa shape index (κ2) is 5.47. The van der Waals surface area contributed by atoms with Gasteiger partial charge in [0.05, 0.1) is 6.10 Å². The molecule has 0 radical (unpaired) electrons. The van der Waals surface area contributed by atoms with Crippen LogP contribution in [0.2, 0.25) is 0 Å². The molecule has 0 aliphatic carbocycles. The third kappa shape index (κ3) is 3.87. The first-order valence-electron chi connectivity index (χ1n) is 5.07. The molecule has 1 rings (SSSR count). The van der Waals surface area contributed by atoms with Crippen LogP contribution in [0, 0.1) is 0 Å². The number of hydrogen-bond acceptors (Lipinski definition) is 7. The zero-order valence-corrected chi connectivity index (χ0v) is 9.44. The van der Waals surface area contributed by atoms with Gasteiger partial charge in [0.15, 0.2) is 0 Å². The highest BCUT2D eigenvalue weighted by Crippen LogP contribution is 2.13. The van der Waals surface area contributed by atoms with Gasteiger partial charge in [0.1, 0.15) is 11.6 Å². The van der Waals surface area contributed by atoms with Crippen molar-refractivity contribution in [1.82, 2.24) is 9.97 Å². The molecule has 7 heteroatoms. The molecule has 0 aliphatic rings. The van der Waals surface area contributed by atoms with E-state index in [9.17, 15) is 5.11 Å². The van der Waals surface area contributed by atoms with E-state index in [0.29, 0.717) is 18.1 Å². The lowest BCUT2D eigenvalue weighted by Gasteiger charge is -2.16. The van der Waals surface area contributed by atoms with Crippen molar-refractivity contribution in [2.45, 2.75) is 32.4 Å². The van der Waals surface area contributed by atoms with Gasteiger partial charge in [-0.1, -0.05) is 0 Å². The van der Waals surface area contributed by atoms with Crippen LogP contribution in [0.1, 0.15) is 20.3 Å². The zero-order chi connectivity index (χ0) is 12.1. The third-order valence-electron chi connectivity index (χ3n) is 1.98. The van der Waals surface area contributed by atoms with Crippen molar-refractivity contribution in [2.75, 3.05) is 16.5 Å². The Hall–Kier alpha value is -1.60. The van der Waals surface area contributed by atoms with Gasteiger partial charge in [-0.2, -0.15) is 9.97 Å². The van der Waals surface area contributed by atoms with Crippen LogP contribution in [0.15, 0.2) is 6.07 Å². The second-order valence-electron chi connectivity index (χ2n) is 3.77. The summed E-state index contributed by atoms with van der Waals surface area (Å²) in [5.74, 6) is 6.40. The molecule has 0 bridgehead atoms. The molecular formula is C9H18N6O. The lowest BCUT2D eigenvalue weighted by Crippen LogP contribution is -2.22. The van der Waals surface area contributed by atoms with Crippen molar-refractivity contribution in [3.05, 3.63) is 6.07 Å². The predicted octanol–water partition coefficient (Wildman–Crippen LogP) is -0.0843. The molecule has 0 spiro atoms. The fourth-order valence-corrected chi connectivity index (χ4v) is 1.44. The number of nitrogen functional groups attached to an aromatic ring is 2. The summed E-state index contributed by atoms with van der Waals surface area (Å²) >= 11 is 0. The van der Waals surface area contributed by atoms with Crippen molar-refractivity contribution < 1.29 is 5.11 Å². The summed E-state index contributed by atoms with van der Waals surface area (Å²) in [4.78, 5) is 7.87. The Bertz CT molecular complexity index is 343. The van der Waals surface area contributed by atoms with Gasteiger partial charge < -0.3 is 21.6 Å². The van der Waals surface area contributed by atoms with Crippen LogP contribution >= 0.6 is 0 Å². The summed E-state index contributed by atoms with van der Waals surface area (Å²) in [5.41, 5.74) is 7.91. The van der Waals surface area contributed by atoms with Crippen LogP contribution in [0.4, 0.5) is 17.6 Å². The van der Waals surface area contributed by atoms with E-state index in [1.807, 2.05) is 6.92 Å². The molecule has 0 aromatic carbocycles. The van der Waals surface area contributed by atoms with Gasteiger partial charge in [-0.3, -0.25) is 0 Å². The normalized spacial score (nSPS) is 14.2. The Labute approximate surface area is 94.2 Å². The summed E-state index contributed by atoms with van der Waals surface area (Å²) in [6, 6.07) is 1.73. The third-order valence-corrected chi connectivity index (χ3v) is 1.98. The molecule has 1 heterocycles. The molecular weight excluding hydrogens is 208 g/mol. The molecule has 0 amide bonds. The van der Waals surface area contributed by atoms with Crippen molar-refractivity contribution in [3.63, 3.8) is 0 Å². The number of nitrogens with zero attached hydrogens (tertiary/aromatic N) is 2. The number of hydrazine groups is 1. The fraction of sp³-hybridized carbons (Fsp3) is 0.556. The molecule has 1 aromatic heterocycles. The maximum atomic E-state index is 9.23. The molecule has 0 fully saturated rings.